The van der Waals surface area contributed by atoms with Gasteiger partial charge in [0.15, 0.2) is 0 Å². The van der Waals surface area contributed by atoms with Crippen molar-refractivity contribution >= 4 is 5.91 Å². The van der Waals surface area contributed by atoms with Gasteiger partial charge in [0, 0.05) is 18.7 Å². The predicted molar refractivity (Wildman–Crippen MR) is 79.9 cm³/mol. The van der Waals surface area contributed by atoms with E-state index in [0.717, 1.165) is 5.56 Å². The van der Waals surface area contributed by atoms with Crippen LogP contribution in [-0.4, -0.2) is 30.6 Å². The summed E-state index contributed by atoms with van der Waals surface area (Å²) in [6.45, 7) is 4.20. The van der Waals surface area contributed by atoms with Gasteiger partial charge < -0.3 is 14.5 Å². The highest BCUT2D eigenvalue weighted by Crippen LogP contribution is 2.21. The molecule has 1 atom stereocenters. The summed E-state index contributed by atoms with van der Waals surface area (Å²) in [6.07, 6.45) is 0.205. The summed E-state index contributed by atoms with van der Waals surface area (Å²) in [5, 5.41) is 2.86. The van der Waals surface area contributed by atoms with Crippen LogP contribution >= 0.6 is 0 Å². The number of rotatable bonds is 6. The number of benzene rings is 1. The van der Waals surface area contributed by atoms with Gasteiger partial charge in [0.05, 0.1) is 18.7 Å². The van der Waals surface area contributed by atoms with Crippen LogP contribution in [0.5, 0.6) is 0 Å². The molecule has 1 aromatic carbocycles. The van der Waals surface area contributed by atoms with Crippen molar-refractivity contribution in [3.8, 4) is 11.5 Å². The Morgan fingerprint density at radius 2 is 2.10 bits per heavy atom. The van der Waals surface area contributed by atoms with Gasteiger partial charge in [-0.15, -0.1) is 0 Å². The van der Waals surface area contributed by atoms with E-state index < -0.39 is 0 Å². The number of amides is 1. The minimum Gasteiger partial charge on any atom is -0.441 e. The number of hydrogen-bond acceptors (Lipinski definition) is 4. The zero-order chi connectivity index (χ0) is 15.2. The van der Waals surface area contributed by atoms with Crippen LogP contribution in [-0.2, 0) is 16.0 Å². The van der Waals surface area contributed by atoms with Crippen molar-refractivity contribution in [3.05, 3.63) is 41.8 Å². The van der Waals surface area contributed by atoms with Crippen molar-refractivity contribution in [2.45, 2.75) is 26.3 Å². The van der Waals surface area contributed by atoms with E-state index in [4.69, 9.17) is 9.15 Å². The first kappa shape index (κ1) is 15.3. The Hall–Kier alpha value is -2.14. The fourth-order valence-corrected chi connectivity index (χ4v) is 2.07. The molecule has 0 radical (unpaired) electrons. The molecule has 0 spiro atoms. The normalized spacial score (nSPS) is 12.1. The SMILES string of the molecule is COC[C@@H](C)NC(=O)Cc1nc(-c2ccccc2)oc1C. The van der Waals surface area contributed by atoms with Crippen LogP contribution in [0.3, 0.4) is 0 Å². The number of nitrogens with zero attached hydrogens (tertiary/aromatic N) is 1. The highest BCUT2D eigenvalue weighted by molar-refractivity contribution is 5.78. The highest BCUT2D eigenvalue weighted by atomic mass is 16.5. The van der Waals surface area contributed by atoms with Crippen LogP contribution in [0.25, 0.3) is 11.5 Å². The van der Waals surface area contributed by atoms with Gasteiger partial charge in [0.2, 0.25) is 11.8 Å². The molecule has 0 aliphatic carbocycles. The Kier molecular flexibility index (Phi) is 5.11. The van der Waals surface area contributed by atoms with Gasteiger partial charge in [-0.25, -0.2) is 4.98 Å². The number of hydrogen-bond donors (Lipinski definition) is 1. The molecule has 0 fully saturated rings. The summed E-state index contributed by atoms with van der Waals surface area (Å²) in [5.41, 5.74) is 1.57. The molecular weight excluding hydrogens is 268 g/mol. The first-order valence-corrected chi connectivity index (χ1v) is 6.90. The summed E-state index contributed by atoms with van der Waals surface area (Å²) in [4.78, 5) is 16.4. The minimum absolute atomic E-state index is 0.0247. The standard InChI is InChI=1S/C16H20N2O3/c1-11(10-20-3)17-15(19)9-14-12(2)21-16(18-14)13-7-5-4-6-8-13/h4-8,11H,9-10H2,1-3H3,(H,17,19)/t11-/m1/s1. The second-order valence-electron chi connectivity index (χ2n) is 4.99. The van der Waals surface area contributed by atoms with Gasteiger partial charge in [-0.3, -0.25) is 4.79 Å². The van der Waals surface area contributed by atoms with Crippen LogP contribution in [0.1, 0.15) is 18.4 Å². The van der Waals surface area contributed by atoms with Gasteiger partial charge in [0.1, 0.15) is 5.76 Å². The van der Waals surface area contributed by atoms with Crippen LogP contribution < -0.4 is 5.32 Å². The second kappa shape index (κ2) is 7.04. The Morgan fingerprint density at radius 3 is 2.76 bits per heavy atom. The maximum atomic E-state index is 11.9. The molecule has 1 amide bonds. The maximum Gasteiger partial charge on any atom is 0.226 e. The molecule has 21 heavy (non-hydrogen) atoms. The monoisotopic (exact) mass is 288 g/mol. The van der Waals surface area contributed by atoms with Crippen LogP contribution in [0.2, 0.25) is 0 Å². The topological polar surface area (TPSA) is 64.4 Å². The molecule has 1 N–H and O–H groups in total. The van der Waals surface area contributed by atoms with Crippen molar-refractivity contribution in [2.75, 3.05) is 13.7 Å². The lowest BCUT2D eigenvalue weighted by atomic mass is 10.2. The van der Waals surface area contributed by atoms with Crippen LogP contribution in [0.15, 0.2) is 34.7 Å². The molecule has 0 saturated heterocycles. The highest BCUT2D eigenvalue weighted by Gasteiger charge is 2.15. The lowest BCUT2D eigenvalue weighted by molar-refractivity contribution is -0.121. The molecule has 0 aliphatic rings. The van der Waals surface area contributed by atoms with Gasteiger partial charge >= 0.3 is 0 Å². The summed E-state index contributed by atoms with van der Waals surface area (Å²) >= 11 is 0. The van der Waals surface area contributed by atoms with Gasteiger partial charge in [-0.1, -0.05) is 18.2 Å². The largest absolute Gasteiger partial charge is 0.441 e. The number of aromatic nitrogens is 1. The number of ether oxygens (including phenoxy) is 1. The van der Waals surface area contributed by atoms with E-state index in [-0.39, 0.29) is 18.4 Å². The second-order valence-corrected chi connectivity index (χ2v) is 4.99. The quantitative estimate of drug-likeness (QED) is 0.886. The summed E-state index contributed by atoms with van der Waals surface area (Å²) in [6, 6.07) is 9.61. The number of nitrogens with one attached hydrogen (secondary N) is 1. The lowest BCUT2D eigenvalue weighted by Gasteiger charge is -2.11. The number of carbonyl (C=O) groups is 1. The molecule has 2 aromatic rings. The van der Waals surface area contributed by atoms with E-state index in [1.807, 2.05) is 44.2 Å². The van der Waals surface area contributed by atoms with Crippen molar-refractivity contribution < 1.29 is 13.9 Å². The zero-order valence-electron chi connectivity index (χ0n) is 12.6. The lowest BCUT2D eigenvalue weighted by Crippen LogP contribution is -2.36. The summed E-state index contributed by atoms with van der Waals surface area (Å²) < 4.78 is 10.6. The van der Waals surface area contributed by atoms with Crippen LogP contribution in [0.4, 0.5) is 0 Å². The number of methoxy groups -OCH3 is 1. The number of oxazole rings is 1. The van der Waals surface area contributed by atoms with Gasteiger partial charge in [-0.2, -0.15) is 0 Å². The van der Waals surface area contributed by atoms with E-state index in [0.29, 0.717) is 24.0 Å². The fraction of sp³-hybridized carbons (Fsp3) is 0.375. The van der Waals surface area contributed by atoms with Crippen molar-refractivity contribution in [2.24, 2.45) is 0 Å². The summed E-state index contributed by atoms with van der Waals surface area (Å²) in [7, 11) is 1.61. The van der Waals surface area contributed by atoms with Gasteiger partial charge in [-0.05, 0) is 26.0 Å². The van der Waals surface area contributed by atoms with Gasteiger partial charge in [0.25, 0.3) is 0 Å². The molecule has 1 aromatic heterocycles. The summed E-state index contributed by atoms with van der Waals surface area (Å²) in [5.74, 6) is 1.12. The first-order valence-electron chi connectivity index (χ1n) is 6.90. The van der Waals surface area contributed by atoms with E-state index in [2.05, 4.69) is 10.3 Å². The number of carbonyl (C=O) groups excluding carboxylic acids is 1. The van der Waals surface area contributed by atoms with Crippen molar-refractivity contribution in [1.29, 1.82) is 0 Å². The van der Waals surface area contributed by atoms with Crippen molar-refractivity contribution in [3.63, 3.8) is 0 Å². The zero-order valence-corrected chi connectivity index (χ0v) is 12.6. The third-order valence-corrected chi connectivity index (χ3v) is 3.07. The fourth-order valence-electron chi connectivity index (χ4n) is 2.07. The minimum atomic E-state index is -0.0874. The Labute approximate surface area is 124 Å². The van der Waals surface area contributed by atoms with E-state index >= 15 is 0 Å². The molecular formula is C16H20N2O3. The molecule has 0 bridgehead atoms. The van der Waals surface area contributed by atoms with E-state index in [1.165, 1.54) is 0 Å². The van der Waals surface area contributed by atoms with Crippen molar-refractivity contribution in [1.82, 2.24) is 10.3 Å². The third-order valence-electron chi connectivity index (χ3n) is 3.07. The van der Waals surface area contributed by atoms with E-state index in [9.17, 15) is 4.79 Å². The molecule has 5 heteroatoms. The Morgan fingerprint density at radius 1 is 1.38 bits per heavy atom. The smallest absolute Gasteiger partial charge is 0.226 e. The van der Waals surface area contributed by atoms with E-state index in [1.54, 1.807) is 7.11 Å². The molecule has 2 rings (SSSR count). The Balaban J connectivity index is 2.05. The third kappa shape index (κ3) is 4.16. The molecule has 1 heterocycles. The maximum absolute atomic E-state index is 11.9. The molecule has 0 saturated carbocycles. The average Bonchev–Trinajstić information content (AvgIpc) is 2.81. The molecule has 112 valence electrons. The van der Waals surface area contributed by atoms with Crippen LogP contribution in [0, 0.1) is 6.92 Å². The predicted octanol–water partition coefficient (Wildman–Crippen LogP) is 2.34. The average molecular weight is 288 g/mol. The Bertz CT molecular complexity index is 593. The first-order chi connectivity index (χ1) is 10.1. The molecule has 0 aliphatic heterocycles. The molecule has 0 unspecified atom stereocenters. The number of aryl methyl sites for hydroxylation is 1. The molecule has 5 nitrogen and oxygen atoms in total.